The fraction of sp³-hybridized carbons (Fsp3) is 0. The van der Waals surface area contributed by atoms with Crippen molar-refractivity contribution in [2.24, 2.45) is 0 Å². The van der Waals surface area contributed by atoms with Crippen LogP contribution >= 0.6 is 0 Å². The Morgan fingerprint density at radius 2 is 1.00 bits per heavy atom. The minimum atomic E-state index is 0. The van der Waals surface area contributed by atoms with Crippen molar-refractivity contribution < 1.29 is 5.48 Å². The summed E-state index contributed by atoms with van der Waals surface area (Å²) in [6.45, 7) is 0. The van der Waals surface area contributed by atoms with Crippen molar-refractivity contribution in [3.05, 3.63) is 0 Å². The van der Waals surface area contributed by atoms with Crippen molar-refractivity contribution in [3.8, 4) is 0 Å². The molecule has 2 N–H and O–H groups in total. The molecular formula is H10AlCaMgNaO. The molecule has 0 rings (SSSR count). The Hall–Kier alpha value is 3.52. The van der Waals surface area contributed by atoms with Gasteiger partial charge in [0.2, 0.25) is 0 Å². The van der Waals surface area contributed by atoms with Crippen LogP contribution < -0.4 is 0 Å². The third-order valence-electron chi connectivity index (χ3n) is 0. The Morgan fingerprint density at radius 1 is 1.00 bits per heavy atom. The van der Waals surface area contributed by atoms with Gasteiger partial charge >= 0.3 is 90.3 Å². The molecule has 0 aromatic rings. The van der Waals surface area contributed by atoms with Crippen LogP contribution in [-0.4, -0.2) is 113 Å². The molecule has 1 nitrogen and oxygen atoms in total. The molecule has 0 aromatic heterocycles. The molecule has 0 spiro atoms. The van der Waals surface area contributed by atoms with Gasteiger partial charge in [-0.05, 0) is 0 Å². The summed E-state index contributed by atoms with van der Waals surface area (Å²) >= 11 is 0. The van der Waals surface area contributed by atoms with Crippen LogP contribution in [0.15, 0.2) is 0 Å². The summed E-state index contributed by atoms with van der Waals surface area (Å²) in [4.78, 5) is 0. The van der Waals surface area contributed by atoms with Crippen molar-refractivity contribution in [2.75, 3.05) is 0 Å². The second-order valence-corrected chi connectivity index (χ2v) is 0. The van der Waals surface area contributed by atoms with Crippen LogP contribution in [0.2, 0.25) is 0 Å². The third-order valence-corrected chi connectivity index (χ3v) is 0. The van der Waals surface area contributed by atoms with Crippen LogP contribution in [-0.2, 0) is 0 Å². The van der Waals surface area contributed by atoms with Gasteiger partial charge in [0.15, 0.2) is 17.4 Å². The zero-order valence-corrected chi connectivity index (χ0v) is 0.500. The summed E-state index contributed by atoms with van der Waals surface area (Å²) in [5.74, 6) is 0. The van der Waals surface area contributed by atoms with Crippen LogP contribution in [0.25, 0.3) is 0 Å². The SMILES string of the molecule is O.[AlH3].[CaH2].[MgH2].[NaH]. The summed E-state index contributed by atoms with van der Waals surface area (Å²) in [7, 11) is 0. The molecule has 0 fully saturated rings. The van der Waals surface area contributed by atoms with Crippen molar-refractivity contribution in [1.82, 2.24) is 0 Å². The predicted octanol–water partition coefficient (Wildman–Crippen LogP) is -4.49. The van der Waals surface area contributed by atoms with E-state index in [1.165, 1.54) is 0 Å². The van der Waals surface area contributed by atoms with E-state index >= 15 is 0 Å². The monoisotopic (exact) mass is 140 g/mol. The second-order valence-electron chi connectivity index (χ2n) is 0. The Labute approximate surface area is 111 Å². The van der Waals surface area contributed by atoms with Crippen LogP contribution in [0.3, 0.4) is 0 Å². The summed E-state index contributed by atoms with van der Waals surface area (Å²) in [5, 5.41) is 0. The van der Waals surface area contributed by atoms with Crippen LogP contribution in [0, 0.1) is 0 Å². The van der Waals surface area contributed by atoms with Gasteiger partial charge in [0.25, 0.3) is 0 Å². The summed E-state index contributed by atoms with van der Waals surface area (Å²) in [6.07, 6.45) is 0. The number of hydrogen-bond acceptors (Lipinski definition) is 0. The van der Waals surface area contributed by atoms with Gasteiger partial charge in [0.05, 0.1) is 0 Å². The molecule has 0 radical (unpaired) electrons. The first-order valence-corrected chi connectivity index (χ1v) is 0. The molecule has 0 heterocycles. The van der Waals surface area contributed by atoms with E-state index in [-0.39, 0.29) is 113 Å². The van der Waals surface area contributed by atoms with E-state index in [9.17, 15) is 0 Å². The fourth-order valence-electron chi connectivity index (χ4n) is 0. The summed E-state index contributed by atoms with van der Waals surface area (Å²) < 4.78 is 0. The van der Waals surface area contributed by atoms with Gasteiger partial charge in [-0.25, -0.2) is 0 Å². The molecule has 5 heavy (non-hydrogen) atoms. The first-order chi connectivity index (χ1) is 0. The average molecular weight is 140 g/mol. The van der Waals surface area contributed by atoms with Gasteiger partial charge in [-0.2, -0.15) is 0 Å². The molecule has 0 aliphatic rings. The Balaban J connectivity index is 0. The van der Waals surface area contributed by atoms with Crippen molar-refractivity contribution in [3.63, 3.8) is 0 Å². The second kappa shape index (κ2) is 25.8. The van der Waals surface area contributed by atoms with E-state index in [2.05, 4.69) is 0 Å². The van der Waals surface area contributed by atoms with E-state index in [0.29, 0.717) is 0 Å². The molecule has 0 unspecified atom stereocenters. The van der Waals surface area contributed by atoms with Crippen molar-refractivity contribution in [1.29, 1.82) is 0 Å². The topological polar surface area (TPSA) is 31.5 Å². The van der Waals surface area contributed by atoms with Gasteiger partial charge in [-0.3, -0.25) is 0 Å². The molecule has 0 saturated carbocycles. The normalized spacial score (nSPS) is 0. The molecule has 5 heteroatoms. The summed E-state index contributed by atoms with van der Waals surface area (Å²) in [6, 6.07) is 0. The first-order valence-electron chi connectivity index (χ1n) is 0. The van der Waals surface area contributed by atoms with Gasteiger partial charge < -0.3 is 5.48 Å². The molecule has 0 aliphatic heterocycles. The average Bonchev–Trinajstić information content (AvgIpc) is 0. The standard InChI is InChI=1S/Al.Ca.Mg.Na.H2O.8H/h;;;;1H2;;;;;;;;. The third kappa shape index (κ3) is 18.5. The van der Waals surface area contributed by atoms with Crippen molar-refractivity contribution in [2.45, 2.75) is 0 Å². The Morgan fingerprint density at radius 3 is 1.00 bits per heavy atom. The van der Waals surface area contributed by atoms with Gasteiger partial charge in [0, 0.05) is 0 Å². The van der Waals surface area contributed by atoms with Gasteiger partial charge in [-0.15, -0.1) is 0 Å². The molecule has 0 amide bonds. The number of hydrogen-bond donors (Lipinski definition) is 0. The van der Waals surface area contributed by atoms with Crippen LogP contribution in [0.4, 0.5) is 0 Å². The van der Waals surface area contributed by atoms with Crippen LogP contribution in [0.1, 0.15) is 0 Å². The maximum atomic E-state index is 0. The molecule has 0 bridgehead atoms. The molecule has 24 valence electrons. The molecule has 0 aliphatic carbocycles. The zero-order chi connectivity index (χ0) is 0. The molecular weight excluding hydrogens is 130 g/mol. The molecule has 0 aromatic carbocycles. The fourth-order valence-corrected chi connectivity index (χ4v) is 0. The predicted molar refractivity (Wildman–Crippen MR) is 37.8 cm³/mol. The molecule has 0 saturated heterocycles. The number of rotatable bonds is 0. The molecule has 0 atom stereocenters. The van der Waals surface area contributed by atoms with E-state index in [1.54, 1.807) is 0 Å². The van der Waals surface area contributed by atoms with E-state index in [0.717, 1.165) is 0 Å². The van der Waals surface area contributed by atoms with Crippen LogP contribution in [0.5, 0.6) is 0 Å². The summed E-state index contributed by atoms with van der Waals surface area (Å²) in [5.41, 5.74) is 0. The minimum absolute atomic E-state index is 0. The van der Waals surface area contributed by atoms with E-state index in [4.69, 9.17) is 0 Å². The van der Waals surface area contributed by atoms with Crippen molar-refractivity contribution >= 4 is 108 Å². The first kappa shape index (κ1) is 38.9. The zero-order valence-electron chi connectivity index (χ0n) is 0.500. The van der Waals surface area contributed by atoms with Gasteiger partial charge in [0.1, 0.15) is 0 Å². The Bertz CT molecular complexity index is 11.6. The van der Waals surface area contributed by atoms with E-state index in [1.807, 2.05) is 0 Å². The van der Waals surface area contributed by atoms with E-state index < -0.39 is 0 Å². The maximum absolute atomic E-state index is 0. The quantitative estimate of drug-likeness (QED) is 0.304. The van der Waals surface area contributed by atoms with Gasteiger partial charge in [-0.1, -0.05) is 0 Å². The Kier molecular flexibility index (Phi) is 201.